The zero-order valence-electron chi connectivity index (χ0n) is 25.0. The Morgan fingerprint density at radius 1 is 1.16 bits per heavy atom. The highest BCUT2D eigenvalue weighted by Crippen LogP contribution is 2.41. The van der Waals surface area contributed by atoms with Gasteiger partial charge in [-0.25, -0.2) is 14.2 Å². The molecular weight excluding hydrogens is 583 g/mol. The molecule has 1 saturated heterocycles. The maximum absolute atomic E-state index is 15.8. The van der Waals surface area contributed by atoms with Crippen LogP contribution in [0.1, 0.15) is 59.1 Å². The number of aromatic nitrogens is 4. The summed E-state index contributed by atoms with van der Waals surface area (Å²) in [7, 11) is 0. The predicted octanol–water partition coefficient (Wildman–Crippen LogP) is 6.87. The lowest BCUT2D eigenvalue weighted by Crippen LogP contribution is -2.27. The molecule has 0 unspecified atom stereocenters. The number of ether oxygens (including phenoxy) is 3. The van der Waals surface area contributed by atoms with Gasteiger partial charge in [0.1, 0.15) is 24.0 Å². The number of aryl methyl sites for hydroxylation is 1. The third-order valence-electron chi connectivity index (χ3n) is 7.94. The molecule has 5 aromatic rings. The summed E-state index contributed by atoms with van der Waals surface area (Å²) in [6.45, 7) is 9.88. The van der Waals surface area contributed by atoms with Crippen molar-refractivity contribution < 1.29 is 28.5 Å². The molecule has 1 aliphatic heterocycles. The number of halogens is 1. The highest BCUT2D eigenvalue weighted by Gasteiger charge is 2.39. The summed E-state index contributed by atoms with van der Waals surface area (Å²) in [4.78, 5) is 16.6. The Balaban J connectivity index is 1.29. The minimum absolute atomic E-state index is 0.0800. The van der Waals surface area contributed by atoms with E-state index in [1.807, 2.05) is 48.7 Å². The molecular formula is C33H33FN4O5S. The van der Waals surface area contributed by atoms with Crippen LogP contribution in [0.4, 0.5) is 4.39 Å². The predicted molar refractivity (Wildman–Crippen MR) is 165 cm³/mol. The van der Waals surface area contributed by atoms with Crippen molar-refractivity contribution in [3.8, 4) is 22.1 Å². The van der Waals surface area contributed by atoms with Crippen LogP contribution in [0.15, 0.2) is 54.6 Å². The second kappa shape index (κ2) is 12.0. The number of nitrogens with zero attached hydrogens (tertiary/aromatic N) is 4. The zero-order chi connectivity index (χ0) is 31.0. The standard InChI is InChI=1S/C33H33FN4O5S/c1-5-42-32-37-36-30(44-32)17-43-23-8-6-7-20(12-23)24-15-25(34)22(11-19(24)2)14-29-35-26-10-9-21(31(39)40)13-27(26)38(29)28-16-41-18-33(28,3)4/h6-13,15,28H,5,14,16-18H2,1-4H3,(H,39,40)/t28-/m1/s1. The summed E-state index contributed by atoms with van der Waals surface area (Å²) < 4.78 is 35.0. The molecule has 1 N–H and O–H groups in total. The van der Waals surface area contributed by atoms with Gasteiger partial charge in [0.25, 0.3) is 5.19 Å². The number of imidazole rings is 1. The number of aromatic carboxylic acids is 1. The third-order valence-corrected chi connectivity index (χ3v) is 8.75. The monoisotopic (exact) mass is 616 g/mol. The van der Waals surface area contributed by atoms with Gasteiger partial charge in [0.05, 0.1) is 42.5 Å². The van der Waals surface area contributed by atoms with Crippen LogP contribution in [0.25, 0.3) is 22.2 Å². The molecule has 0 spiro atoms. The number of carboxylic acids is 1. The maximum atomic E-state index is 15.8. The van der Waals surface area contributed by atoms with Gasteiger partial charge in [-0.05, 0) is 72.5 Å². The van der Waals surface area contributed by atoms with Crippen molar-refractivity contribution in [3.05, 3.63) is 87.9 Å². The van der Waals surface area contributed by atoms with E-state index in [9.17, 15) is 9.90 Å². The van der Waals surface area contributed by atoms with E-state index in [0.29, 0.717) is 58.2 Å². The minimum Gasteiger partial charge on any atom is -0.486 e. The van der Waals surface area contributed by atoms with Crippen molar-refractivity contribution in [1.29, 1.82) is 0 Å². The molecule has 1 fully saturated rings. The van der Waals surface area contributed by atoms with Crippen LogP contribution in [0, 0.1) is 18.2 Å². The molecule has 0 radical (unpaired) electrons. The molecule has 0 saturated carbocycles. The van der Waals surface area contributed by atoms with Gasteiger partial charge in [-0.3, -0.25) is 0 Å². The summed E-state index contributed by atoms with van der Waals surface area (Å²) >= 11 is 1.34. The lowest BCUT2D eigenvalue weighted by atomic mass is 9.87. The Labute approximate surface area is 258 Å². The number of carbonyl (C=O) groups is 1. The summed E-state index contributed by atoms with van der Waals surface area (Å²) in [5.41, 5.74) is 4.34. The number of rotatable bonds is 10. The summed E-state index contributed by atoms with van der Waals surface area (Å²) in [5.74, 6) is -0.0566. The second-order valence-corrected chi connectivity index (χ2v) is 12.6. The van der Waals surface area contributed by atoms with Crippen LogP contribution < -0.4 is 9.47 Å². The van der Waals surface area contributed by atoms with Gasteiger partial charge in [-0.2, -0.15) is 0 Å². The van der Waals surface area contributed by atoms with Crippen molar-refractivity contribution in [1.82, 2.24) is 19.7 Å². The van der Waals surface area contributed by atoms with Gasteiger partial charge in [-0.15, -0.1) is 5.10 Å². The van der Waals surface area contributed by atoms with E-state index in [2.05, 4.69) is 24.0 Å². The fourth-order valence-corrected chi connectivity index (χ4v) is 6.32. The first-order chi connectivity index (χ1) is 21.1. The molecule has 3 heterocycles. The largest absolute Gasteiger partial charge is 0.486 e. The van der Waals surface area contributed by atoms with Gasteiger partial charge in [-0.1, -0.05) is 48.5 Å². The first kappa shape index (κ1) is 29.7. The quantitative estimate of drug-likeness (QED) is 0.181. The van der Waals surface area contributed by atoms with E-state index in [1.54, 1.807) is 24.3 Å². The first-order valence-corrected chi connectivity index (χ1v) is 15.2. The molecule has 9 nitrogen and oxygen atoms in total. The Morgan fingerprint density at radius 2 is 2.00 bits per heavy atom. The number of fused-ring (bicyclic) bond motifs is 1. The molecule has 3 aromatic carbocycles. The summed E-state index contributed by atoms with van der Waals surface area (Å²) in [6.07, 6.45) is 0.241. The smallest absolute Gasteiger partial charge is 0.335 e. The van der Waals surface area contributed by atoms with E-state index in [-0.39, 0.29) is 35.9 Å². The van der Waals surface area contributed by atoms with Gasteiger partial charge in [0.15, 0.2) is 5.01 Å². The molecule has 2 aromatic heterocycles. The number of hydrogen-bond acceptors (Lipinski definition) is 8. The average molecular weight is 617 g/mol. The van der Waals surface area contributed by atoms with Gasteiger partial charge in [0, 0.05) is 11.8 Å². The number of hydrogen-bond donors (Lipinski definition) is 1. The van der Waals surface area contributed by atoms with Gasteiger partial charge >= 0.3 is 5.97 Å². The topological polar surface area (TPSA) is 109 Å². The normalized spacial score (nSPS) is 16.0. The van der Waals surface area contributed by atoms with E-state index in [0.717, 1.165) is 16.7 Å². The van der Waals surface area contributed by atoms with Crippen LogP contribution in [0.3, 0.4) is 0 Å². The number of carboxylic acid groups (broad SMARTS) is 1. The molecule has 228 valence electrons. The fourth-order valence-electron chi connectivity index (χ4n) is 5.66. The highest BCUT2D eigenvalue weighted by molar-refractivity contribution is 7.13. The Hall–Kier alpha value is -4.35. The van der Waals surface area contributed by atoms with Crippen LogP contribution in [-0.4, -0.2) is 50.6 Å². The average Bonchev–Trinajstić information content (AvgIpc) is 3.69. The Kier molecular flexibility index (Phi) is 8.08. The molecule has 0 amide bonds. The van der Waals surface area contributed by atoms with Crippen molar-refractivity contribution >= 4 is 28.3 Å². The van der Waals surface area contributed by atoms with Crippen LogP contribution in [0.5, 0.6) is 10.9 Å². The van der Waals surface area contributed by atoms with E-state index >= 15 is 4.39 Å². The summed E-state index contributed by atoms with van der Waals surface area (Å²) in [5, 5.41) is 18.9. The summed E-state index contributed by atoms with van der Waals surface area (Å²) in [6, 6.07) is 15.8. The molecule has 6 rings (SSSR count). The lowest BCUT2D eigenvalue weighted by molar-refractivity contribution is 0.0697. The first-order valence-electron chi connectivity index (χ1n) is 14.4. The molecule has 1 atom stereocenters. The van der Waals surface area contributed by atoms with Crippen LogP contribution in [0.2, 0.25) is 0 Å². The van der Waals surface area contributed by atoms with E-state index in [1.165, 1.54) is 11.3 Å². The van der Waals surface area contributed by atoms with Crippen LogP contribution >= 0.6 is 11.3 Å². The van der Waals surface area contributed by atoms with Crippen LogP contribution in [-0.2, 0) is 17.8 Å². The van der Waals surface area contributed by atoms with E-state index in [4.69, 9.17) is 19.2 Å². The van der Waals surface area contributed by atoms with Gasteiger partial charge < -0.3 is 23.9 Å². The third kappa shape index (κ3) is 5.89. The van der Waals surface area contributed by atoms with Crippen molar-refractivity contribution in [3.63, 3.8) is 0 Å². The molecule has 0 bridgehead atoms. The van der Waals surface area contributed by atoms with E-state index < -0.39 is 5.97 Å². The molecule has 0 aliphatic carbocycles. The van der Waals surface area contributed by atoms with Gasteiger partial charge in [0.2, 0.25) is 0 Å². The number of benzene rings is 3. The SMILES string of the molecule is CCOc1nnc(COc2cccc(-c3cc(F)c(Cc4nc5ccc(C(=O)O)cc5n4[C@@H]4COCC4(C)C)cc3C)c2)s1. The lowest BCUT2D eigenvalue weighted by Gasteiger charge is -2.28. The molecule has 1 aliphatic rings. The minimum atomic E-state index is -1.01. The second-order valence-electron chi connectivity index (χ2n) is 11.6. The molecule has 44 heavy (non-hydrogen) atoms. The highest BCUT2D eigenvalue weighted by atomic mass is 32.1. The van der Waals surface area contributed by atoms with Crippen molar-refractivity contribution in [2.45, 2.75) is 46.8 Å². The Bertz CT molecular complexity index is 1850. The Morgan fingerprint density at radius 3 is 2.75 bits per heavy atom. The fraction of sp³-hybridized carbons (Fsp3) is 0.333. The van der Waals surface area contributed by atoms with Crippen molar-refractivity contribution in [2.75, 3.05) is 19.8 Å². The van der Waals surface area contributed by atoms with Crippen molar-refractivity contribution in [2.24, 2.45) is 5.41 Å². The zero-order valence-corrected chi connectivity index (χ0v) is 25.8. The maximum Gasteiger partial charge on any atom is 0.335 e. The molecule has 11 heteroatoms.